The molecule has 25 heavy (non-hydrogen) atoms. The van der Waals surface area contributed by atoms with Crippen LogP contribution in [0.5, 0.6) is 0 Å². The van der Waals surface area contributed by atoms with Gasteiger partial charge >= 0.3 is 5.97 Å². The molecule has 2 fully saturated rings. The Hall–Kier alpha value is -1.44. The molecule has 3 atom stereocenters. The molecule has 0 unspecified atom stereocenters. The zero-order valence-electron chi connectivity index (χ0n) is 15.3. The van der Waals surface area contributed by atoms with E-state index in [1.165, 1.54) is 14.2 Å². The molecule has 1 saturated heterocycles. The van der Waals surface area contributed by atoms with Gasteiger partial charge in [-0.1, -0.05) is 0 Å². The predicted octanol–water partition coefficient (Wildman–Crippen LogP) is 1.80. The van der Waals surface area contributed by atoms with Crippen LogP contribution in [0, 0.1) is 17.3 Å². The normalized spacial score (nSPS) is 34.2. The van der Waals surface area contributed by atoms with Gasteiger partial charge in [-0.2, -0.15) is 0 Å². The van der Waals surface area contributed by atoms with E-state index in [4.69, 9.17) is 23.7 Å². The first kappa shape index (κ1) is 18.4. The molecule has 0 aromatic carbocycles. The summed E-state index contributed by atoms with van der Waals surface area (Å²) in [4.78, 5) is 25.5. The van der Waals surface area contributed by atoms with Gasteiger partial charge in [-0.3, -0.25) is 4.79 Å². The van der Waals surface area contributed by atoms with Crippen molar-refractivity contribution >= 4 is 11.8 Å². The summed E-state index contributed by atoms with van der Waals surface area (Å²) in [6, 6.07) is 0. The van der Waals surface area contributed by atoms with Gasteiger partial charge in [-0.25, -0.2) is 4.79 Å². The van der Waals surface area contributed by atoms with Crippen LogP contribution in [-0.4, -0.2) is 51.8 Å². The highest BCUT2D eigenvalue weighted by atomic mass is 16.7. The van der Waals surface area contributed by atoms with Crippen molar-refractivity contribution in [3.8, 4) is 0 Å². The van der Waals surface area contributed by atoms with E-state index in [2.05, 4.69) is 0 Å². The summed E-state index contributed by atoms with van der Waals surface area (Å²) in [5.41, 5.74) is -0.569. The molecule has 7 heteroatoms. The number of esters is 1. The molecule has 0 aromatic rings. The molecule has 7 nitrogen and oxygen atoms in total. The fourth-order valence-corrected chi connectivity index (χ4v) is 4.43. The van der Waals surface area contributed by atoms with E-state index in [0.717, 1.165) is 6.42 Å². The first-order chi connectivity index (χ1) is 11.9. The van der Waals surface area contributed by atoms with Crippen LogP contribution >= 0.6 is 0 Å². The van der Waals surface area contributed by atoms with Crippen molar-refractivity contribution in [3.05, 3.63) is 11.3 Å². The second-order valence-electron chi connectivity index (χ2n) is 7.22. The molecule has 0 radical (unpaired) electrons. The van der Waals surface area contributed by atoms with Crippen molar-refractivity contribution in [1.29, 1.82) is 0 Å². The zero-order valence-corrected chi connectivity index (χ0v) is 15.3. The smallest absolute Gasteiger partial charge is 0.338 e. The van der Waals surface area contributed by atoms with Crippen LogP contribution in [-0.2, 0) is 33.3 Å². The van der Waals surface area contributed by atoms with Crippen molar-refractivity contribution in [3.63, 3.8) is 0 Å². The van der Waals surface area contributed by atoms with Crippen molar-refractivity contribution in [2.75, 3.05) is 34.2 Å². The van der Waals surface area contributed by atoms with Gasteiger partial charge < -0.3 is 23.7 Å². The lowest BCUT2D eigenvalue weighted by molar-refractivity contribution is -0.197. The molecule has 2 aliphatic carbocycles. The van der Waals surface area contributed by atoms with E-state index in [9.17, 15) is 9.59 Å². The Balaban J connectivity index is 1.90. The first-order valence-electron chi connectivity index (χ1n) is 8.61. The largest absolute Gasteiger partial charge is 0.471 e. The molecule has 0 bridgehead atoms. The van der Waals surface area contributed by atoms with E-state index >= 15 is 0 Å². The first-order valence-corrected chi connectivity index (χ1v) is 8.61. The average Bonchev–Trinajstić information content (AvgIpc) is 3.15. The van der Waals surface area contributed by atoms with E-state index in [0.29, 0.717) is 37.4 Å². The Labute approximate surface area is 147 Å². The number of carbonyl (C=O) groups is 2. The van der Waals surface area contributed by atoms with Crippen LogP contribution in [0.3, 0.4) is 0 Å². The molecule has 1 saturated carbocycles. The molecule has 3 aliphatic rings. The number of hydrogen-bond donors (Lipinski definition) is 0. The monoisotopic (exact) mass is 354 g/mol. The molecule has 3 rings (SSSR count). The summed E-state index contributed by atoms with van der Waals surface area (Å²) in [6.45, 7) is 4.82. The van der Waals surface area contributed by atoms with Gasteiger partial charge in [-0.15, -0.1) is 0 Å². The third-order valence-corrected chi connectivity index (χ3v) is 5.97. The highest BCUT2D eigenvalue weighted by molar-refractivity contribution is 6.02. The molecule has 1 heterocycles. The van der Waals surface area contributed by atoms with Gasteiger partial charge in [0.25, 0.3) is 0 Å². The van der Waals surface area contributed by atoms with Gasteiger partial charge in [0.05, 0.1) is 31.3 Å². The van der Waals surface area contributed by atoms with Gasteiger partial charge in [-0.05, 0) is 26.2 Å². The maximum Gasteiger partial charge on any atom is 0.338 e. The number of carbonyl (C=O) groups excluding carboxylic acids is 2. The molecular formula is C18H26O7. The molecular weight excluding hydrogens is 328 g/mol. The third-order valence-electron chi connectivity index (χ3n) is 5.97. The van der Waals surface area contributed by atoms with Gasteiger partial charge in [0.1, 0.15) is 11.5 Å². The number of allylic oxidation sites excluding steroid dienone is 1. The van der Waals surface area contributed by atoms with E-state index < -0.39 is 17.2 Å². The van der Waals surface area contributed by atoms with E-state index in [-0.39, 0.29) is 24.4 Å². The summed E-state index contributed by atoms with van der Waals surface area (Å²) in [7, 11) is 2.83. The van der Waals surface area contributed by atoms with Crippen molar-refractivity contribution in [1.82, 2.24) is 0 Å². The van der Waals surface area contributed by atoms with Crippen LogP contribution in [0.25, 0.3) is 0 Å². The minimum Gasteiger partial charge on any atom is -0.471 e. The predicted molar refractivity (Wildman–Crippen MR) is 86.3 cm³/mol. The maximum absolute atomic E-state index is 13.1. The SMILES string of the molecule is COCOC1=C(C(=O)OC)[C@@]2(C)C(=O)C[C@H](C3(C)OCCO3)C[C@H]2C1. The lowest BCUT2D eigenvalue weighted by Gasteiger charge is -2.43. The number of rotatable bonds is 5. The standard InChI is InChI=1S/C18H26O7/c1-17-11(8-13(23-10-21-3)15(17)16(20)22-4)7-12(9-14(17)19)18(2)24-5-6-25-18/h11-12H,5-10H2,1-4H3/t11-,12+,17+/m0/s1. The number of methoxy groups -OCH3 is 2. The Bertz CT molecular complexity index is 590. The molecule has 1 aliphatic heterocycles. The molecule has 0 aromatic heterocycles. The van der Waals surface area contributed by atoms with Crippen LogP contribution < -0.4 is 0 Å². The molecule has 0 amide bonds. The highest BCUT2D eigenvalue weighted by Crippen LogP contribution is 2.57. The summed E-state index contributed by atoms with van der Waals surface area (Å²) < 4.78 is 27.1. The summed E-state index contributed by atoms with van der Waals surface area (Å²) >= 11 is 0. The number of fused-ring (bicyclic) bond motifs is 1. The minimum absolute atomic E-state index is 0.00509. The number of ketones is 1. The lowest BCUT2D eigenvalue weighted by atomic mass is 9.61. The lowest BCUT2D eigenvalue weighted by Crippen LogP contribution is -2.49. The van der Waals surface area contributed by atoms with Crippen molar-refractivity contribution < 1.29 is 33.3 Å². The second kappa shape index (κ2) is 6.70. The third kappa shape index (κ3) is 2.88. The summed E-state index contributed by atoms with van der Waals surface area (Å²) in [6.07, 6.45) is 1.53. The van der Waals surface area contributed by atoms with E-state index in [1.54, 1.807) is 0 Å². The Morgan fingerprint density at radius 3 is 2.44 bits per heavy atom. The second-order valence-corrected chi connectivity index (χ2v) is 7.22. The number of Topliss-reactive ketones (excluding diaryl/α,β-unsaturated/α-hetero) is 1. The van der Waals surface area contributed by atoms with E-state index in [1.807, 2.05) is 13.8 Å². The summed E-state index contributed by atoms with van der Waals surface area (Å²) in [5, 5.41) is 0. The van der Waals surface area contributed by atoms with Crippen molar-refractivity contribution in [2.45, 2.75) is 38.9 Å². The van der Waals surface area contributed by atoms with Gasteiger partial charge in [0.2, 0.25) is 0 Å². The minimum atomic E-state index is -0.901. The Morgan fingerprint density at radius 2 is 1.84 bits per heavy atom. The highest BCUT2D eigenvalue weighted by Gasteiger charge is 2.59. The Morgan fingerprint density at radius 1 is 1.16 bits per heavy atom. The number of hydrogen-bond acceptors (Lipinski definition) is 7. The quantitative estimate of drug-likeness (QED) is 0.550. The van der Waals surface area contributed by atoms with Gasteiger partial charge in [0.15, 0.2) is 12.6 Å². The van der Waals surface area contributed by atoms with Crippen LogP contribution in [0.15, 0.2) is 11.3 Å². The summed E-state index contributed by atoms with van der Waals surface area (Å²) in [5.74, 6) is -0.842. The fraction of sp³-hybridized carbons (Fsp3) is 0.778. The van der Waals surface area contributed by atoms with Crippen LogP contribution in [0.2, 0.25) is 0 Å². The molecule has 140 valence electrons. The van der Waals surface area contributed by atoms with Crippen molar-refractivity contribution in [2.24, 2.45) is 17.3 Å². The molecule has 0 spiro atoms. The topological polar surface area (TPSA) is 80.3 Å². The van der Waals surface area contributed by atoms with Gasteiger partial charge in [0, 0.05) is 25.9 Å². The average molecular weight is 354 g/mol. The maximum atomic E-state index is 13.1. The van der Waals surface area contributed by atoms with Crippen LogP contribution in [0.4, 0.5) is 0 Å². The van der Waals surface area contributed by atoms with Crippen LogP contribution in [0.1, 0.15) is 33.1 Å². The number of ether oxygens (including phenoxy) is 5. The zero-order chi connectivity index (χ0) is 18.2. The fourth-order valence-electron chi connectivity index (χ4n) is 4.43. The molecule has 0 N–H and O–H groups in total. The Kier molecular flexibility index (Phi) is 4.92.